The van der Waals surface area contributed by atoms with E-state index in [1.807, 2.05) is 10.9 Å². The van der Waals surface area contributed by atoms with Crippen LogP contribution in [-0.4, -0.2) is 39.5 Å². The van der Waals surface area contributed by atoms with Crippen LogP contribution < -0.4 is 0 Å². The van der Waals surface area contributed by atoms with Crippen LogP contribution in [0.4, 0.5) is 0 Å². The molecule has 0 aliphatic carbocycles. The second-order valence-electron chi connectivity index (χ2n) is 4.53. The van der Waals surface area contributed by atoms with Crippen molar-refractivity contribution in [3.63, 3.8) is 0 Å². The van der Waals surface area contributed by atoms with E-state index in [4.69, 9.17) is 0 Å². The lowest BCUT2D eigenvalue weighted by atomic mass is 10.0. The standard InChI is InChI=1S/C11H19BrN4/c1-15-6-3-2-4-11(15)5-7-16-9-10(8-12)13-14-16/h9,11H,2-8H2,1H3. The zero-order valence-corrected chi connectivity index (χ0v) is 11.4. The van der Waals surface area contributed by atoms with E-state index < -0.39 is 0 Å². The molecule has 16 heavy (non-hydrogen) atoms. The van der Waals surface area contributed by atoms with Crippen LogP contribution in [0, 0.1) is 0 Å². The number of nitrogens with zero attached hydrogens (tertiary/aromatic N) is 4. The monoisotopic (exact) mass is 286 g/mol. The molecule has 1 atom stereocenters. The number of aryl methyl sites for hydroxylation is 1. The molecule has 2 rings (SSSR count). The van der Waals surface area contributed by atoms with Crippen molar-refractivity contribution in [1.29, 1.82) is 0 Å². The van der Waals surface area contributed by atoms with Crippen LogP contribution in [0.5, 0.6) is 0 Å². The molecule has 0 aromatic carbocycles. The van der Waals surface area contributed by atoms with Crippen LogP contribution in [-0.2, 0) is 11.9 Å². The number of hydrogen-bond donors (Lipinski definition) is 0. The van der Waals surface area contributed by atoms with Gasteiger partial charge in [0.15, 0.2) is 0 Å². The lowest BCUT2D eigenvalue weighted by Crippen LogP contribution is -2.36. The maximum Gasteiger partial charge on any atom is 0.0932 e. The van der Waals surface area contributed by atoms with Crippen LogP contribution in [0.1, 0.15) is 31.4 Å². The molecule has 90 valence electrons. The molecule has 1 unspecified atom stereocenters. The van der Waals surface area contributed by atoms with Gasteiger partial charge >= 0.3 is 0 Å². The molecule has 4 nitrogen and oxygen atoms in total. The minimum absolute atomic E-state index is 0.727. The topological polar surface area (TPSA) is 34.0 Å². The third-order valence-corrected chi connectivity index (χ3v) is 3.91. The average molecular weight is 287 g/mol. The number of aromatic nitrogens is 3. The number of rotatable bonds is 4. The van der Waals surface area contributed by atoms with E-state index >= 15 is 0 Å². The Morgan fingerprint density at radius 3 is 3.06 bits per heavy atom. The second-order valence-corrected chi connectivity index (χ2v) is 5.09. The predicted octanol–water partition coefficient (Wildman–Crippen LogP) is 2.05. The van der Waals surface area contributed by atoms with Gasteiger partial charge in [0.05, 0.1) is 5.69 Å². The fraction of sp³-hybridized carbons (Fsp3) is 0.818. The van der Waals surface area contributed by atoms with Gasteiger partial charge in [0.1, 0.15) is 0 Å². The molecule has 5 heteroatoms. The van der Waals surface area contributed by atoms with Gasteiger partial charge in [0.25, 0.3) is 0 Å². The zero-order chi connectivity index (χ0) is 11.4. The molecule has 0 radical (unpaired) electrons. The first kappa shape index (κ1) is 12.0. The van der Waals surface area contributed by atoms with Crippen molar-refractivity contribution in [2.24, 2.45) is 0 Å². The van der Waals surface area contributed by atoms with E-state index in [2.05, 4.69) is 38.2 Å². The highest BCUT2D eigenvalue weighted by molar-refractivity contribution is 9.08. The summed E-state index contributed by atoms with van der Waals surface area (Å²) in [5, 5.41) is 8.97. The van der Waals surface area contributed by atoms with E-state index in [1.54, 1.807) is 0 Å². The molecular weight excluding hydrogens is 268 g/mol. The molecule has 1 aromatic heterocycles. The lowest BCUT2D eigenvalue weighted by molar-refractivity contribution is 0.169. The van der Waals surface area contributed by atoms with Gasteiger partial charge in [-0.3, -0.25) is 4.68 Å². The molecule has 0 saturated carbocycles. The van der Waals surface area contributed by atoms with E-state index in [0.717, 1.165) is 23.6 Å². The average Bonchev–Trinajstić information content (AvgIpc) is 2.76. The quantitative estimate of drug-likeness (QED) is 0.795. The fourth-order valence-corrected chi connectivity index (χ4v) is 2.56. The molecule has 1 saturated heterocycles. The second kappa shape index (κ2) is 5.77. The summed E-state index contributed by atoms with van der Waals surface area (Å²) in [6.45, 7) is 2.23. The summed E-state index contributed by atoms with van der Waals surface area (Å²) < 4.78 is 1.96. The Kier molecular flexibility index (Phi) is 4.35. The SMILES string of the molecule is CN1CCCCC1CCn1cc(CBr)nn1. The summed E-state index contributed by atoms with van der Waals surface area (Å²) in [4.78, 5) is 2.48. The summed E-state index contributed by atoms with van der Waals surface area (Å²) >= 11 is 3.38. The van der Waals surface area contributed by atoms with Crippen LogP contribution in [0.25, 0.3) is 0 Å². The molecule has 0 spiro atoms. The Balaban J connectivity index is 1.81. The van der Waals surface area contributed by atoms with E-state index in [0.29, 0.717) is 0 Å². The number of alkyl halides is 1. The summed E-state index contributed by atoms with van der Waals surface area (Å²) in [6.07, 6.45) is 7.26. The highest BCUT2D eigenvalue weighted by atomic mass is 79.9. The third kappa shape index (κ3) is 3.04. The largest absolute Gasteiger partial charge is 0.303 e. The Morgan fingerprint density at radius 2 is 2.38 bits per heavy atom. The van der Waals surface area contributed by atoms with E-state index in [1.165, 1.54) is 32.2 Å². The van der Waals surface area contributed by atoms with Crippen LogP contribution >= 0.6 is 15.9 Å². The third-order valence-electron chi connectivity index (χ3n) is 3.34. The van der Waals surface area contributed by atoms with Crippen molar-refractivity contribution in [3.8, 4) is 0 Å². The van der Waals surface area contributed by atoms with Gasteiger partial charge in [0, 0.05) is 24.1 Å². The maximum absolute atomic E-state index is 4.11. The minimum atomic E-state index is 0.727. The molecule has 1 fully saturated rings. The number of likely N-dealkylation sites (tertiary alicyclic amines) is 1. The first-order chi connectivity index (χ1) is 7.79. The van der Waals surface area contributed by atoms with E-state index in [-0.39, 0.29) is 0 Å². The molecule has 0 amide bonds. The van der Waals surface area contributed by atoms with Crippen molar-refractivity contribution in [1.82, 2.24) is 19.9 Å². The van der Waals surface area contributed by atoms with Crippen molar-refractivity contribution in [2.45, 2.75) is 43.6 Å². The lowest BCUT2D eigenvalue weighted by Gasteiger charge is -2.32. The smallest absolute Gasteiger partial charge is 0.0932 e. The van der Waals surface area contributed by atoms with Crippen molar-refractivity contribution >= 4 is 15.9 Å². The Hall–Kier alpha value is -0.420. The number of hydrogen-bond acceptors (Lipinski definition) is 3. The summed E-state index contributed by atoms with van der Waals surface area (Å²) in [5.74, 6) is 0. The highest BCUT2D eigenvalue weighted by Gasteiger charge is 2.18. The van der Waals surface area contributed by atoms with Gasteiger partial charge in [-0.05, 0) is 32.9 Å². The van der Waals surface area contributed by atoms with E-state index in [9.17, 15) is 0 Å². The molecular formula is C11H19BrN4. The maximum atomic E-state index is 4.11. The molecule has 2 heterocycles. The molecule has 0 N–H and O–H groups in total. The minimum Gasteiger partial charge on any atom is -0.303 e. The van der Waals surface area contributed by atoms with Crippen LogP contribution in [0.15, 0.2) is 6.20 Å². The molecule has 1 aliphatic rings. The van der Waals surface area contributed by atoms with Crippen molar-refractivity contribution in [3.05, 3.63) is 11.9 Å². The Labute approximate surface area is 105 Å². The van der Waals surface area contributed by atoms with Gasteiger partial charge in [-0.1, -0.05) is 27.6 Å². The predicted molar refractivity (Wildman–Crippen MR) is 67.5 cm³/mol. The normalized spacial score (nSPS) is 22.5. The first-order valence-electron chi connectivity index (χ1n) is 5.95. The molecule has 1 aromatic rings. The Morgan fingerprint density at radius 1 is 1.50 bits per heavy atom. The number of piperidine rings is 1. The highest BCUT2D eigenvalue weighted by Crippen LogP contribution is 2.18. The van der Waals surface area contributed by atoms with Gasteiger partial charge < -0.3 is 4.90 Å². The van der Waals surface area contributed by atoms with Crippen molar-refractivity contribution in [2.75, 3.05) is 13.6 Å². The summed E-state index contributed by atoms with van der Waals surface area (Å²) in [7, 11) is 2.23. The Bertz CT molecular complexity index is 326. The van der Waals surface area contributed by atoms with Crippen molar-refractivity contribution < 1.29 is 0 Å². The number of halogens is 1. The van der Waals surface area contributed by atoms with Gasteiger partial charge in [-0.25, -0.2) is 0 Å². The summed E-state index contributed by atoms with van der Waals surface area (Å²) in [5.41, 5.74) is 1.01. The van der Waals surface area contributed by atoms with Crippen LogP contribution in [0.2, 0.25) is 0 Å². The molecule has 1 aliphatic heterocycles. The molecule has 0 bridgehead atoms. The summed E-state index contributed by atoms with van der Waals surface area (Å²) in [6, 6.07) is 0.727. The van der Waals surface area contributed by atoms with Gasteiger partial charge in [-0.15, -0.1) is 5.10 Å². The fourth-order valence-electron chi connectivity index (χ4n) is 2.30. The first-order valence-corrected chi connectivity index (χ1v) is 7.07. The van der Waals surface area contributed by atoms with Gasteiger partial charge in [0.2, 0.25) is 0 Å². The van der Waals surface area contributed by atoms with Gasteiger partial charge in [-0.2, -0.15) is 0 Å². The zero-order valence-electron chi connectivity index (χ0n) is 9.77. The van der Waals surface area contributed by atoms with Crippen LogP contribution in [0.3, 0.4) is 0 Å².